The van der Waals surface area contributed by atoms with E-state index in [0.29, 0.717) is 5.57 Å². The van der Waals surface area contributed by atoms with Crippen molar-refractivity contribution >= 4 is 18.0 Å². The highest BCUT2D eigenvalue weighted by Crippen LogP contribution is 2.49. The fourth-order valence-corrected chi connectivity index (χ4v) is 4.10. The largest absolute Gasteiger partial charge is 0.458 e. The molecule has 1 aromatic rings. The summed E-state index contributed by atoms with van der Waals surface area (Å²) in [6.45, 7) is 6.22. The van der Waals surface area contributed by atoms with Crippen molar-refractivity contribution in [1.29, 1.82) is 0 Å². The number of aromatic nitrogens is 1. The summed E-state index contributed by atoms with van der Waals surface area (Å²) in [6, 6.07) is 3.63. The Kier molecular flexibility index (Phi) is 5.37. The van der Waals surface area contributed by atoms with E-state index in [1.165, 1.54) is 6.08 Å². The van der Waals surface area contributed by atoms with Crippen molar-refractivity contribution in [2.45, 2.75) is 50.4 Å². The second-order valence-corrected chi connectivity index (χ2v) is 8.01. The quantitative estimate of drug-likeness (QED) is 0.337. The van der Waals surface area contributed by atoms with E-state index in [4.69, 9.17) is 14.2 Å². The molecule has 0 radical (unpaired) electrons. The molecule has 0 aromatic carbocycles. The number of hydrogen-bond donors (Lipinski definition) is 0. The number of allylic oxidation sites excluding steroid dienone is 1. The maximum Gasteiger partial charge on any atom is 0.334 e. The zero-order valence-corrected chi connectivity index (χ0v) is 16.5. The van der Waals surface area contributed by atoms with Gasteiger partial charge in [-0.2, -0.15) is 0 Å². The zero-order chi connectivity index (χ0) is 20.4. The number of carbonyl (C=O) groups is 2. The van der Waals surface area contributed by atoms with E-state index in [1.54, 1.807) is 18.5 Å². The first kappa shape index (κ1) is 19.6. The van der Waals surface area contributed by atoms with Crippen molar-refractivity contribution in [2.75, 3.05) is 6.61 Å². The second-order valence-electron chi connectivity index (χ2n) is 8.01. The average Bonchev–Trinajstić information content (AvgIpc) is 3.31. The van der Waals surface area contributed by atoms with Crippen LogP contribution >= 0.6 is 0 Å². The van der Waals surface area contributed by atoms with E-state index in [-0.39, 0.29) is 42.3 Å². The molecule has 152 valence electrons. The lowest BCUT2D eigenvalue weighted by Crippen LogP contribution is -2.29. The Morgan fingerprint density at radius 3 is 3.00 bits per heavy atom. The van der Waals surface area contributed by atoms with Gasteiger partial charge in [0.25, 0.3) is 0 Å². The number of carbonyl (C=O) groups excluding carboxylic acids is 2. The third-order valence-electron chi connectivity index (χ3n) is 5.96. The Hall–Kier alpha value is -2.73. The summed E-state index contributed by atoms with van der Waals surface area (Å²) in [6.07, 6.45) is 11.4. The standard InChI is InChI=1S/C23H25NO5/c1-15-18-7-5-17(14-27-19(25)8-6-16-9-12-24-13-10-16)4-3-11-23(2)21(29-23)20(18)28-22(15)26/h4,6,8-10,12-13,18,20-21H,1,3,5,7,11,14H2,2H3/b8-6+,17-4+/t18-,20-,21-,23+/m0/s1. The maximum absolute atomic E-state index is 12.1. The van der Waals surface area contributed by atoms with Gasteiger partial charge in [-0.3, -0.25) is 4.98 Å². The summed E-state index contributed by atoms with van der Waals surface area (Å²) in [5.41, 5.74) is 2.18. The van der Waals surface area contributed by atoms with Crippen LogP contribution in [-0.2, 0) is 23.8 Å². The molecule has 29 heavy (non-hydrogen) atoms. The van der Waals surface area contributed by atoms with Gasteiger partial charge in [0, 0.05) is 30.0 Å². The van der Waals surface area contributed by atoms with Gasteiger partial charge in [0.2, 0.25) is 0 Å². The van der Waals surface area contributed by atoms with Crippen molar-refractivity contribution in [3.05, 3.63) is 60.0 Å². The number of rotatable bonds is 4. The van der Waals surface area contributed by atoms with Crippen LogP contribution in [0.5, 0.6) is 0 Å². The van der Waals surface area contributed by atoms with Crippen LogP contribution in [0.4, 0.5) is 0 Å². The number of nitrogens with zero attached hydrogens (tertiary/aromatic N) is 1. The normalized spacial score (nSPS) is 33.3. The second kappa shape index (κ2) is 7.95. The van der Waals surface area contributed by atoms with Crippen LogP contribution in [-0.4, -0.2) is 41.3 Å². The first-order valence-corrected chi connectivity index (χ1v) is 9.97. The molecule has 1 aliphatic carbocycles. The first-order chi connectivity index (χ1) is 14.0. The molecule has 3 aliphatic rings. The number of esters is 2. The zero-order valence-electron chi connectivity index (χ0n) is 16.5. The van der Waals surface area contributed by atoms with Crippen LogP contribution in [0.1, 0.15) is 38.2 Å². The van der Waals surface area contributed by atoms with Crippen molar-refractivity contribution in [2.24, 2.45) is 5.92 Å². The highest BCUT2D eigenvalue weighted by atomic mass is 16.6. The van der Waals surface area contributed by atoms with Crippen molar-refractivity contribution in [3.8, 4) is 0 Å². The maximum atomic E-state index is 12.1. The van der Waals surface area contributed by atoms with Crippen LogP contribution in [0, 0.1) is 5.92 Å². The van der Waals surface area contributed by atoms with Crippen molar-refractivity contribution < 1.29 is 23.8 Å². The minimum Gasteiger partial charge on any atom is -0.458 e. The number of fused-ring (bicyclic) bond motifs is 3. The number of ether oxygens (including phenoxy) is 3. The van der Waals surface area contributed by atoms with E-state index in [1.807, 2.05) is 12.1 Å². The van der Waals surface area contributed by atoms with E-state index >= 15 is 0 Å². The summed E-state index contributed by atoms with van der Waals surface area (Å²) in [5, 5.41) is 0. The SMILES string of the molecule is C=C1C(=O)O[C@H]2[C@H]1CC/C(COC(=O)/C=C/c1ccncc1)=C\CC[C@@]1(C)O[C@@H]21. The van der Waals surface area contributed by atoms with Gasteiger partial charge in [0.15, 0.2) is 0 Å². The van der Waals surface area contributed by atoms with Gasteiger partial charge in [-0.1, -0.05) is 12.7 Å². The van der Waals surface area contributed by atoms with Crippen LogP contribution in [0.3, 0.4) is 0 Å². The van der Waals surface area contributed by atoms with Gasteiger partial charge < -0.3 is 14.2 Å². The summed E-state index contributed by atoms with van der Waals surface area (Å²) in [4.78, 5) is 28.0. The highest BCUT2D eigenvalue weighted by Gasteiger charge is 2.61. The summed E-state index contributed by atoms with van der Waals surface area (Å²) in [7, 11) is 0. The molecule has 0 bridgehead atoms. The van der Waals surface area contributed by atoms with Gasteiger partial charge in [0.1, 0.15) is 18.8 Å². The van der Waals surface area contributed by atoms with Gasteiger partial charge in [-0.15, -0.1) is 0 Å². The lowest BCUT2D eigenvalue weighted by atomic mass is 9.84. The fourth-order valence-electron chi connectivity index (χ4n) is 4.10. The Bertz CT molecular complexity index is 875. The topological polar surface area (TPSA) is 78.0 Å². The molecule has 0 spiro atoms. The third-order valence-corrected chi connectivity index (χ3v) is 5.96. The third kappa shape index (κ3) is 4.32. The Labute approximate surface area is 170 Å². The molecule has 4 atom stereocenters. The molecular formula is C23H25NO5. The molecule has 2 saturated heterocycles. The summed E-state index contributed by atoms with van der Waals surface area (Å²) < 4.78 is 16.9. The first-order valence-electron chi connectivity index (χ1n) is 9.97. The Balaban J connectivity index is 1.38. The number of pyridine rings is 1. The van der Waals surface area contributed by atoms with Crippen molar-refractivity contribution in [3.63, 3.8) is 0 Å². The monoisotopic (exact) mass is 395 g/mol. The van der Waals surface area contributed by atoms with Gasteiger partial charge in [-0.05, 0) is 62.0 Å². The molecule has 0 unspecified atom stereocenters. The molecule has 1 aromatic heterocycles. The summed E-state index contributed by atoms with van der Waals surface area (Å²) >= 11 is 0. The molecule has 3 heterocycles. The predicted octanol–water partition coefficient (Wildman–Crippen LogP) is 3.39. The van der Waals surface area contributed by atoms with E-state index in [0.717, 1.165) is 36.8 Å². The van der Waals surface area contributed by atoms with Crippen LogP contribution < -0.4 is 0 Å². The van der Waals surface area contributed by atoms with E-state index in [9.17, 15) is 9.59 Å². The van der Waals surface area contributed by atoms with Crippen molar-refractivity contribution in [1.82, 2.24) is 4.98 Å². The van der Waals surface area contributed by atoms with Gasteiger partial charge >= 0.3 is 11.9 Å². The lowest BCUT2D eigenvalue weighted by Gasteiger charge is -2.20. The van der Waals surface area contributed by atoms with E-state index in [2.05, 4.69) is 24.6 Å². The molecule has 6 heteroatoms. The Morgan fingerprint density at radius 1 is 1.41 bits per heavy atom. The van der Waals surface area contributed by atoms with Crippen LogP contribution in [0.25, 0.3) is 6.08 Å². The summed E-state index contributed by atoms with van der Waals surface area (Å²) in [5.74, 6) is -0.771. The highest BCUT2D eigenvalue weighted by molar-refractivity contribution is 5.91. The Morgan fingerprint density at radius 2 is 2.21 bits per heavy atom. The fraction of sp³-hybridized carbons (Fsp3) is 0.435. The van der Waals surface area contributed by atoms with Crippen LogP contribution in [0.2, 0.25) is 0 Å². The molecule has 0 N–H and O–H groups in total. The lowest BCUT2D eigenvalue weighted by molar-refractivity contribution is -0.140. The van der Waals surface area contributed by atoms with Gasteiger partial charge in [0.05, 0.1) is 5.60 Å². The minimum absolute atomic E-state index is 0.0539. The molecular weight excluding hydrogens is 370 g/mol. The minimum atomic E-state index is -0.390. The number of hydrogen-bond acceptors (Lipinski definition) is 6. The van der Waals surface area contributed by atoms with Gasteiger partial charge in [-0.25, -0.2) is 9.59 Å². The molecule has 6 nitrogen and oxygen atoms in total. The predicted molar refractivity (Wildman–Crippen MR) is 107 cm³/mol. The molecule has 2 aliphatic heterocycles. The molecule has 2 fully saturated rings. The molecule has 0 amide bonds. The average molecular weight is 395 g/mol. The number of epoxide rings is 1. The smallest absolute Gasteiger partial charge is 0.334 e. The van der Waals surface area contributed by atoms with Crippen LogP contribution in [0.15, 0.2) is 54.4 Å². The van der Waals surface area contributed by atoms with E-state index < -0.39 is 0 Å². The molecule has 0 saturated carbocycles. The molecule has 4 rings (SSSR count).